The van der Waals surface area contributed by atoms with Crippen LogP contribution in [0.3, 0.4) is 0 Å². The van der Waals surface area contributed by atoms with Gasteiger partial charge in [0.2, 0.25) is 0 Å². The molecule has 1 aromatic heterocycles. The number of halogens is 2. The fraction of sp³-hybridized carbons (Fsp3) is 0.125. The lowest BCUT2D eigenvalue weighted by Gasteiger charge is -2.07. The van der Waals surface area contributed by atoms with Crippen LogP contribution < -0.4 is 4.74 Å². The molecule has 0 radical (unpaired) electrons. The fourth-order valence-corrected chi connectivity index (χ4v) is 3.13. The molecule has 0 bridgehead atoms. The van der Waals surface area contributed by atoms with Gasteiger partial charge < -0.3 is 4.74 Å². The first-order valence-corrected chi connectivity index (χ1v) is 8.15. The van der Waals surface area contributed by atoms with E-state index in [0.717, 1.165) is 11.3 Å². The second-order valence-corrected chi connectivity index (χ2v) is 6.10. The molecule has 0 fully saturated rings. The first-order chi connectivity index (χ1) is 11.2. The first kappa shape index (κ1) is 15.8. The molecule has 0 spiro atoms. The highest BCUT2D eigenvalue weighted by atomic mass is 35.5. The highest BCUT2D eigenvalue weighted by Gasteiger charge is 2.09. The molecule has 0 aliphatic rings. The molecule has 23 heavy (non-hydrogen) atoms. The quantitative estimate of drug-likeness (QED) is 0.642. The molecule has 0 saturated carbocycles. The van der Waals surface area contributed by atoms with Gasteiger partial charge in [-0.1, -0.05) is 35.5 Å². The van der Waals surface area contributed by atoms with E-state index in [1.807, 2.05) is 34.9 Å². The van der Waals surface area contributed by atoms with Crippen LogP contribution in [0, 0.1) is 5.82 Å². The summed E-state index contributed by atoms with van der Waals surface area (Å²) >= 11 is 7.49. The Hall–Kier alpha value is -2.05. The van der Waals surface area contributed by atoms with Crippen molar-refractivity contribution in [2.24, 2.45) is 0 Å². The molecule has 2 aromatic carbocycles. The molecule has 0 amide bonds. The zero-order valence-electron chi connectivity index (χ0n) is 12.2. The monoisotopic (exact) mass is 349 g/mol. The Bertz CT molecular complexity index is 825. The molecule has 0 saturated heterocycles. The Morgan fingerprint density at radius 2 is 2.13 bits per heavy atom. The Morgan fingerprint density at radius 3 is 2.87 bits per heavy atom. The van der Waals surface area contributed by atoms with Crippen molar-refractivity contribution in [3.63, 3.8) is 0 Å². The van der Waals surface area contributed by atoms with Crippen LogP contribution in [0.1, 0.15) is 5.56 Å². The van der Waals surface area contributed by atoms with Crippen molar-refractivity contribution in [2.45, 2.75) is 10.9 Å². The third kappa shape index (κ3) is 3.65. The number of hydrogen-bond acceptors (Lipinski definition) is 4. The summed E-state index contributed by atoms with van der Waals surface area (Å²) < 4.78 is 20.5. The van der Waals surface area contributed by atoms with Crippen LogP contribution in [0.4, 0.5) is 4.39 Å². The number of benzene rings is 2. The second-order valence-electron chi connectivity index (χ2n) is 4.72. The number of methoxy groups -OCH3 is 1. The van der Waals surface area contributed by atoms with Gasteiger partial charge in [0.25, 0.3) is 0 Å². The molecule has 0 unspecified atom stereocenters. The van der Waals surface area contributed by atoms with Crippen LogP contribution in [0.15, 0.2) is 53.9 Å². The van der Waals surface area contributed by atoms with Crippen molar-refractivity contribution in [3.8, 4) is 11.4 Å². The molecule has 4 nitrogen and oxygen atoms in total. The highest BCUT2D eigenvalue weighted by Crippen LogP contribution is 2.26. The molecule has 1 heterocycles. The molecule has 0 aliphatic carbocycles. The molecule has 118 valence electrons. The van der Waals surface area contributed by atoms with Gasteiger partial charge >= 0.3 is 0 Å². The Kier molecular flexibility index (Phi) is 4.83. The number of aromatic nitrogens is 3. The maximum atomic E-state index is 13.7. The largest absolute Gasteiger partial charge is 0.494 e. The Balaban J connectivity index is 1.77. The lowest BCUT2D eigenvalue weighted by atomic mass is 10.2. The van der Waals surface area contributed by atoms with Crippen molar-refractivity contribution in [1.82, 2.24) is 14.8 Å². The summed E-state index contributed by atoms with van der Waals surface area (Å²) in [6, 6.07) is 12.3. The van der Waals surface area contributed by atoms with Crippen LogP contribution in [-0.4, -0.2) is 21.9 Å². The summed E-state index contributed by atoms with van der Waals surface area (Å²) in [6.07, 6.45) is 1.63. The van der Waals surface area contributed by atoms with Crippen LogP contribution in [0.25, 0.3) is 5.69 Å². The van der Waals surface area contributed by atoms with Gasteiger partial charge in [-0.2, -0.15) is 0 Å². The van der Waals surface area contributed by atoms with E-state index in [2.05, 4.69) is 10.2 Å². The van der Waals surface area contributed by atoms with E-state index in [4.69, 9.17) is 16.3 Å². The summed E-state index contributed by atoms with van der Waals surface area (Å²) in [4.78, 5) is 0. The van der Waals surface area contributed by atoms with Crippen LogP contribution in [0.2, 0.25) is 5.02 Å². The van der Waals surface area contributed by atoms with Crippen molar-refractivity contribution < 1.29 is 9.13 Å². The van der Waals surface area contributed by atoms with Gasteiger partial charge in [0.05, 0.1) is 12.8 Å². The van der Waals surface area contributed by atoms with Gasteiger partial charge in [-0.3, -0.25) is 4.57 Å². The van der Waals surface area contributed by atoms with Crippen LogP contribution >= 0.6 is 23.4 Å². The van der Waals surface area contributed by atoms with Gasteiger partial charge in [0, 0.05) is 10.8 Å². The summed E-state index contributed by atoms with van der Waals surface area (Å²) in [6.45, 7) is 0. The lowest BCUT2D eigenvalue weighted by Crippen LogP contribution is -1.95. The Morgan fingerprint density at radius 1 is 1.26 bits per heavy atom. The maximum absolute atomic E-state index is 13.7. The summed E-state index contributed by atoms with van der Waals surface area (Å²) in [5, 5.41) is 9.40. The zero-order chi connectivity index (χ0) is 16.2. The van der Waals surface area contributed by atoms with E-state index in [-0.39, 0.29) is 11.6 Å². The number of ether oxygens (including phenoxy) is 1. The fourth-order valence-electron chi connectivity index (χ4n) is 2.07. The molecule has 0 atom stereocenters. The third-order valence-electron chi connectivity index (χ3n) is 3.19. The third-order valence-corrected chi connectivity index (χ3v) is 4.44. The summed E-state index contributed by atoms with van der Waals surface area (Å²) in [5.74, 6) is 0.433. The number of nitrogens with zero attached hydrogens (tertiary/aromatic N) is 3. The van der Waals surface area contributed by atoms with Crippen LogP contribution in [0.5, 0.6) is 5.75 Å². The molecule has 0 aliphatic heterocycles. The van der Waals surface area contributed by atoms with E-state index in [0.29, 0.717) is 15.9 Å². The minimum atomic E-state index is -0.373. The van der Waals surface area contributed by atoms with Gasteiger partial charge in [-0.05, 0) is 35.9 Å². The van der Waals surface area contributed by atoms with E-state index in [1.54, 1.807) is 12.4 Å². The summed E-state index contributed by atoms with van der Waals surface area (Å²) in [5.41, 5.74) is 1.72. The van der Waals surface area contributed by atoms with Crippen molar-refractivity contribution in [2.75, 3.05) is 7.11 Å². The molecular formula is C16H13ClFN3OS. The number of thioether (sulfide) groups is 1. The molecular weight excluding hydrogens is 337 g/mol. The predicted octanol–water partition coefficient (Wildman–Crippen LogP) is 4.36. The normalized spacial score (nSPS) is 10.7. The smallest absolute Gasteiger partial charge is 0.195 e. The van der Waals surface area contributed by atoms with E-state index in [1.165, 1.54) is 24.9 Å². The number of rotatable bonds is 5. The van der Waals surface area contributed by atoms with Crippen LogP contribution in [-0.2, 0) is 5.75 Å². The Labute approximate surface area is 142 Å². The van der Waals surface area contributed by atoms with Gasteiger partial charge in [0.15, 0.2) is 16.7 Å². The molecule has 0 N–H and O–H groups in total. The van der Waals surface area contributed by atoms with Crippen molar-refractivity contribution in [1.29, 1.82) is 0 Å². The number of hydrogen-bond donors (Lipinski definition) is 0. The van der Waals surface area contributed by atoms with E-state index < -0.39 is 0 Å². The highest BCUT2D eigenvalue weighted by molar-refractivity contribution is 7.98. The average Bonchev–Trinajstić information content (AvgIpc) is 3.01. The maximum Gasteiger partial charge on any atom is 0.195 e. The SMILES string of the molecule is COc1ccc(CSc2nncn2-c2cccc(Cl)c2)cc1F. The first-order valence-electron chi connectivity index (χ1n) is 6.78. The van der Waals surface area contributed by atoms with Crippen molar-refractivity contribution in [3.05, 3.63) is 65.2 Å². The van der Waals surface area contributed by atoms with Gasteiger partial charge in [-0.15, -0.1) is 10.2 Å². The second kappa shape index (κ2) is 7.02. The lowest BCUT2D eigenvalue weighted by molar-refractivity contribution is 0.386. The predicted molar refractivity (Wildman–Crippen MR) is 88.9 cm³/mol. The molecule has 3 aromatic rings. The van der Waals surface area contributed by atoms with Crippen molar-refractivity contribution >= 4 is 23.4 Å². The average molecular weight is 350 g/mol. The summed E-state index contributed by atoms with van der Waals surface area (Å²) in [7, 11) is 1.44. The zero-order valence-corrected chi connectivity index (χ0v) is 13.8. The van der Waals surface area contributed by atoms with Gasteiger partial charge in [-0.25, -0.2) is 4.39 Å². The van der Waals surface area contributed by atoms with Gasteiger partial charge in [0.1, 0.15) is 6.33 Å². The van der Waals surface area contributed by atoms with E-state index in [9.17, 15) is 4.39 Å². The topological polar surface area (TPSA) is 39.9 Å². The standard InChI is InChI=1S/C16H13ClFN3OS/c1-22-15-6-5-11(7-14(15)18)9-23-16-20-19-10-21(16)13-4-2-3-12(17)8-13/h2-8,10H,9H2,1H3. The molecule has 7 heteroatoms. The molecule has 3 rings (SSSR count). The minimum Gasteiger partial charge on any atom is -0.494 e. The minimum absolute atomic E-state index is 0.237. The van der Waals surface area contributed by atoms with E-state index >= 15 is 0 Å².